The lowest BCUT2D eigenvalue weighted by atomic mass is 10.1. The summed E-state index contributed by atoms with van der Waals surface area (Å²) in [7, 11) is 0. The van der Waals surface area contributed by atoms with Crippen molar-refractivity contribution >= 4 is 11.8 Å². The van der Waals surface area contributed by atoms with Gasteiger partial charge in [-0.25, -0.2) is 0 Å². The van der Waals surface area contributed by atoms with Gasteiger partial charge in [-0.1, -0.05) is 0 Å². The van der Waals surface area contributed by atoms with Gasteiger partial charge in [0.05, 0.1) is 12.1 Å². The molecule has 78 valence electrons. The molecule has 4 heteroatoms. The molecule has 0 saturated carbocycles. The summed E-state index contributed by atoms with van der Waals surface area (Å²) >= 11 is 0. The van der Waals surface area contributed by atoms with Crippen LogP contribution in [0.5, 0.6) is 0 Å². The quantitative estimate of drug-likeness (QED) is 0.578. The Morgan fingerprint density at radius 3 is 1.43 bits per heavy atom. The van der Waals surface area contributed by atoms with Crippen LogP contribution in [0.1, 0.15) is 27.7 Å². The molecule has 1 rings (SSSR count). The molecule has 0 saturated heterocycles. The molecule has 14 heavy (non-hydrogen) atoms. The zero-order valence-corrected chi connectivity index (χ0v) is 9.02. The third kappa shape index (κ3) is 1.78. The molecule has 0 unspecified atom stereocenters. The van der Waals surface area contributed by atoms with E-state index in [2.05, 4.69) is 0 Å². The van der Waals surface area contributed by atoms with Crippen molar-refractivity contribution in [2.24, 2.45) is 0 Å². The monoisotopic (exact) mass is 196 g/mol. The van der Waals surface area contributed by atoms with Crippen LogP contribution in [0.25, 0.3) is 0 Å². The van der Waals surface area contributed by atoms with Gasteiger partial charge in [0.1, 0.15) is 0 Å². The molecule has 0 aromatic carbocycles. The van der Waals surface area contributed by atoms with E-state index in [1.54, 1.807) is 22.2 Å². The van der Waals surface area contributed by atoms with E-state index in [4.69, 9.17) is 0 Å². The fraction of sp³-hybridized carbons (Fsp3) is 0.600. The van der Waals surface area contributed by atoms with E-state index in [1.165, 1.54) is 13.8 Å². The fourth-order valence-electron chi connectivity index (χ4n) is 1.66. The van der Waals surface area contributed by atoms with Crippen molar-refractivity contribution in [3.05, 3.63) is 12.4 Å². The Balaban J connectivity index is 2.90. The van der Waals surface area contributed by atoms with Gasteiger partial charge in [-0.15, -0.1) is 0 Å². The molecule has 0 spiro atoms. The van der Waals surface area contributed by atoms with Crippen LogP contribution in [-0.4, -0.2) is 33.7 Å². The third-order valence-electron chi connectivity index (χ3n) is 2.69. The van der Waals surface area contributed by atoms with E-state index < -0.39 is 0 Å². The molecule has 2 atom stereocenters. The van der Waals surface area contributed by atoms with E-state index in [-0.39, 0.29) is 23.9 Å². The SMILES string of the molecule is CC(=O)N1C=CN(C(C)=O)[C@@H](C)[C@H]1C. The number of hydrogen-bond donors (Lipinski definition) is 0. The molecule has 0 bridgehead atoms. The highest BCUT2D eigenvalue weighted by atomic mass is 16.2. The van der Waals surface area contributed by atoms with Crippen LogP contribution >= 0.6 is 0 Å². The summed E-state index contributed by atoms with van der Waals surface area (Å²) in [6.07, 6.45) is 3.32. The number of rotatable bonds is 0. The first-order valence-corrected chi connectivity index (χ1v) is 4.71. The molecule has 0 radical (unpaired) electrons. The highest BCUT2D eigenvalue weighted by Gasteiger charge is 2.29. The Kier molecular flexibility index (Phi) is 2.93. The second kappa shape index (κ2) is 3.82. The average molecular weight is 196 g/mol. The van der Waals surface area contributed by atoms with Crippen LogP contribution < -0.4 is 0 Å². The van der Waals surface area contributed by atoms with Gasteiger partial charge in [0, 0.05) is 26.2 Å². The Morgan fingerprint density at radius 1 is 0.929 bits per heavy atom. The summed E-state index contributed by atoms with van der Waals surface area (Å²) in [4.78, 5) is 25.7. The van der Waals surface area contributed by atoms with Gasteiger partial charge in [0.2, 0.25) is 11.8 Å². The molecule has 1 aliphatic heterocycles. The maximum atomic E-state index is 11.2. The standard InChI is InChI=1S/C10H16N2O2/c1-7-8(2)12(10(4)14)6-5-11(7)9(3)13/h5-8H,1-4H3/t7-,8+. The minimum absolute atomic E-state index is 0.00352. The number of carbonyl (C=O) groups is 2. The smallest absolute Gasteiger partial charge is 0.223 e. The highest BCUT2D eigenvalue weighted by molar-refractivity contribution is 5.77. The van der Waals surface area contributed by atoms with Crippen LogP contribution in [0, 0.1) is 0 Å². The normalized spacial score (nSPS) is 26.6. The second-order valence-corrected chi connectivity index (χ2v) is 3.63. The summed E-state index contributed by atoms with van der Waals surface area (Å²) in [6, 6.07) is 0.0581. The first kappa shape index (κ1) is 10.8. The Bertz CT molecular complexity index is 258. The van der Waals surface area contributed by atoms with Crippen molar-refractivity contribution in [3.63, 3.8) is 0 Å². The van der Waals surface area contributed by atoms with Crippen LogP contribution in [0.3, 0.4) is 0 Å². The predicted molar refractivity (Wildman–Crippen MR) is 53.1 cm³/mol. The summed E-state index contributed by atoms with van der Waals surface area (Å²) in [5, 5.41) is 0. The van der Waals surface area contributed by atoms with Crippen molar-refractivity contribution in [2.45, 2.75) is 39.8 Å². The second-order valence-electron chi connectivity index (χ2n) is 3.63. The lowest BCUT2D eigenvalue weighted by molar-refractivity contribution is -0.135. The van der Waals surface area contributed by atoms with E-state index >= 15 is 0 Å². The summed E-state index contributed by atoms with van der Waals surface area (Å²) in [5.74, 6) is 0.00704. The molecule has 0 N–H and O–H groups in total. The zero-order valence-electron chi connectivity index (χ0n) is 9.02. The minimum Gasteiger partial charge on any atom is -0.313 e. The van der Waals surface area contributed by atoms with Gasteiger partial charge in [-0.05, 0) is 13.8 Å². The molecule has 2 amide bonds. The summed E-state index contributed by atoms with van der Waals surface area (Å²) in [5.41, 5.74) is 0. The van der Waals surface area contributed by atoms with Crippen molar-refractivity contribution in [1.82, 2.24) is 9.80 Å². The van der Waals surface area contributed by atoms with Crippen LogP contribution in [0.4, 0.5) is 0 Å². The average Bonchev–Trinajstić information content (AvgIpc) is 2.08. The first-order valence-electron chi connectivity index (χ1n) is 4.71. The maximum absolute atomic E-state index is 11.2. The number of hydrogen-bond acceptors (Lipinski definition) is 2. The Hall–Kier alpha value is -1.32. The van der Waals surface area contributed by atoms with Gasteiger partial charge >= 0.3 is 0 Å². The van der Waals surface area contributed by atoms with Gasteiger partial charge in [0.25, 0.3) is 0 Å². The predicted octanol–water partition coefficient (Wildman–Crippen LogP) is 0.945. The summed E-state index contributed by atoms with van der Waals surface area (Å²) in [6.45, 7) is 6.92. The lowest BCUT2D eigenvalue weighted by Crippen LogP contribution is -2.51. The zero-order chi connectivity index (χ0) is 10.9. The Morgan fingerprint density at radius 2 is 1.21 bits per heavy atom. The maximum Gasteiger partial charge on any atom is 0.223 e. The Labute approximate surface area is 84.2 Å². The number of amides is 2. The van der Waals surface area contributed by atoms with Gasteiger partial charge in [-0.2, -0.15) is 0 Å². The van der Waals surface area contributed by atoms with E-state index in [1.807, 2.05) is 13.8 Å². The molecule has 1 heterocycles. The van der Waals surface area contributed by atoms with Gasteiger partial charge < -0.3 is 9.80 Å². The molecule has 0 aromatic rings. The molecule has 0 aliphatic carbocycles. The number of nitrogens with zero attached hydrogens (tertiary/aromatic N) is 2. The van der Waals surface area contributed by atoms with E-state index in [9.17, 15) is 9.59 Å². The van der Waals surface area contributed by atoms with E-state index in [0.29, 0.717) is 0 Å². The lowest BCUT2D eigenvalue weighted by Gasteiger charge is -2.39. The van der Waals surface area contributed by atoms with Gasteiger partial charge in [0.15, 0.2) is 0 Å². The third-order valence-corrected chi connectivity index (χ3v) is 2.69. The van der Waals surface area contributed by atoms with Gasteiger partial charge in [-0.3, -0.25) is 9.59 Å². The van der Waals surface area contributed by atoms with Crippen molar-refractivity contribution in [2.75, 3.05) is 0 Å². The topological polar surface area (TPSA) is 40.6 Å². The molecular weight excluding hydrogens is 180 g/mol. The van der Waals surface area contributed by atoms with Crippen molar-refractivity contribution in [1.29, 1.82) is 0 Å². The van der Waals surface area contributed by atoms with Crippen LogP contribution in [0.2, 0.25) is 0 Å². The molecule has 1 aliphatic rings. The van der Waals surface area contributed by atoms with Crippen molar-refractivity contribution < 1.29 is 9.59 Å². The number of carbonyl (C=O) groups excluding carboxylic acids is 2. The van der Waals surface area contributed by atoms with E-state index in [0.717, 1.165) is 0 Å². The first-order chi connectivity index (χ1) is 6.45. The summed E-state index contributed by atoms with van der Waals surface area (Å²) < 4.78 is 0. The molecule has 0 fully saturated rings. The molecule has 0 aromatic heterocycles. The molecular formula is C10H16N2O2. The van der Waals surface area contributed by atoms with Crippen LogP contribution in [0.15, 0.2) is 12.4 Å². The van der Waals surface area contributed by atoms with Crippen molar-refractivity contribution in [3.8, 4) is 0 Å². The fourth-order valence-corrected chi connectivity index (χ4v) is 1.66. The minimum atomic E-state index is 0.00352. The largest absolute Gasteiger partial charge is 0.313 e. The van der Waals surface area contributed by atoms with Crippen LogP contribution in [-0.2, 0) is 9.59 Å². The molecule has 4 nitrogen and oxygen atoms in total. The highest BCUT2D eigenvalue weighted by Crippen LogP contribution is 2.17.